The van der Waals surface area contributed by atoms with Gasteiger partial charge in [-0.25, -0.2) is 0 Å². The Bertz CT molecular complexity index is 566. The average molecular weight is 269 g/mol. The van der Waals surface area contributed by atoms with Gasteiger partial charge in [0.2, 0.25) is 0 Å². The van der Waals surface area contributed by atoms with Crippen molar-refractivity contribution in [2.75, 3.05) is 0 Å². The van der Waals surface area contributed by atoms with E-state index in [-0.39, 0.29) is 0 Å². The van der Waals surface area contributed by atoms with Crippen molar-refractivity contribution in [3.8, 4) is 11.5 Å². The standard InChI is InChI=1S/C17H19NO2/c1-11-2-3-12-4-7-15(10-17(12)19-11)20-16-8-13-5-6-14(9-16)18-13/h2-4,7,10,13-14,16,18H,1,5-6,8-9H2/t13-,14+,16?. The summed E-state index contributed by atoms with van der Waals surface area (Å²) < 4.78 is 11.8. The van der Waals surface area contributed by atoms with Gasteiger partial charge in [-0.2, -0.15) is 0 Å². The molecule has 2 saturated heterocycles. The Morgan fingerprint density at radius 1 is 1.15 bits per heavy atom. The van der Waals surface area contributed by atoms with Gasteiger partial charge in [-0.3, -0.25) is 0 Å². The molecule has 104 valence electrons. The van der Waals surface area contributed by atoms with Crippen LogP contribution in [0.5, 0.6) is 11.5 Å². The van der Waals surface area contributed by atoms with Gasteiger partial charge in [0.05, 0.1) is 0 Å². The number of hydrogen-bond donors (Lipinski definition) is 1. The maximum Gasteiger partial charge on any atom is 0.138 e. The first-order valence-corrected chi connectivity index (χ1v) is 7.38. The Morgan fingerprint density at radius 2 is 1.95 bits per heavy atom. The van der Waals surface area contributed by atoms with E-state index in [1.165, 1.54) is 12.8 Å². The summed E-state index contributed by atoms with van der Waals surface area (Å²) >= 11 is 0. The molecule has 1 aromatic carbocycles. The zero-order valence-corrected chi connectivity index (χ0v) is 11.5. The first kappa shape index (κ1) is 12.0. The highest BCUT2D eigenvalue weighted by molar-refractivity contribution is 5.63. The second-order valence-electron chi connectivity index (χ2n) is 5.95. The van der Waals surface area contributed by atoms with E-state index in [1.807, 2.05) is 30.4 Å². The summed E-state index contributed by atoms with van der Waals surface area (Å²) in [6.07, 6.45) is 9.05. The van der Waals surface area contributed by atoms with E-state index < -0.39 is 0 Å². The zero-order valence-electron chi connectivity index (χ0n) is 11.5. The highest BCUT2D eigenvalue weighted by Crippen LogP contribution is 2.34. The Morgan fingerprint density at radius 3 is 2.75 bits per heavy atom. The van der Waals surface area contributed by atoms with Gasteiger partial charge in [0.15, 0.2) is 0 Å². The van der Waals surface area contributed by atoms with Crippen LogP contribution in [0.2, 0.25) is 0 Å². The van der Waals surface area contributed by atoms with Crippen LogP contribution in [-0.4, -0.2) is 18.2 Å². The van der Waals surface area contributed by atoms with E-state index in [1.54, 1.807) is 0 Å². The van der Waals surface area contributed by atoms with E-state index in [9.17, 15) is 0 Å². The molecule has 2 fully saturated rings. The van der Waals surface area contributed by atoms with Crippen molar-refractivity contribution in [2.45, 2.75) is 43.9 Å². The number of hydrogen-bond acceptors (Lipinski definition) is 3. The van der Waals surface area contributed by atoms with Crippen molar-refractivity contribution in [3.63, 3.8) is 0 Å². The van der Waals surface area contributed by atoms with Crippen molar-refractivity contribution >= 4 is 6.08 Å². The van der Waals surface area contributed by atoms with E-state index in [0.29, 0.717) is 23.9 Å². The molecule has 0 spiro atoms. The molecule has 3 heteroatoms. The first-order valence-electron chi connectivity index (χ1n) is 7.38. The molecular weight excluding hydrogens is 250 g/mol. The van der Waals surface area contributed by atoms with Crippen LogP contribution in [0.25, 0.3) is 6.08 Å². The molecule has 0 radical (unpaired) electrons. The minimum atomic E-state index is 0.328. The normalized spacial score (nSPS) is 30.8. The van der Waals surface area contributed by atoms with Crippen molar-refractivity contribution < 1.29 is 9.47 Å². The van der Waals surface area contributed by atoms with Crippen LogP contribution >= 0.6 is 0 Å². The van der Waals surface area contributed by atoms with Gasteiger partial charge in [0, 0.05) is 23.7 Å². The van der Waals surface area contributed by atoms with Gasteiger partial charge >= 0.3 is 0 Å². The predicted molar refractivity (Wildman–Crippen MR) is 78.8 cm³/mol. The maximum absolute atomic E-state index is 6.16. The minimum absolute atomic E-state index is 0.328. The molecule has 3 heterocycles. The van der Waals surface area contributed by atoms with E-state index in [4.69, 9.17) is 9.47 Å². The fourth-order valence-electron chi connectivity index (χ4n) is 3.47. The molecule has 0 aliphatic carbocycles. The van der Waals surface area contributed by atoms with Crippen LogP contribution in [0, 0.1) is 0 Å². The SMILES string of the molecule is C=C1C=Cc2ccc(OC3C[C@H]4CC[C@@H](C3)N4)cc2O1. The third-order valence-corrected chi connectivity index (χ3v) is 4.41. The molecule has 1 aromatic rings. The molecular formula is C17H19NO2. The monoisotopic (exact) mass is 269 g/mol. The lowest BCUT2D eigenvalue weighted by molar-refractivity contribution is 0.137. The molecule has 0 aromatic heterocycles. The number of allylic oxidation sites excluding steroid dienone is 1. The molecule has 3 atom stereocenters. The quantitative estimate of drug-likeness (QED) is 0.894. The number of nitrogens with one attached hydrogen (secondary N) is 1. The van der Waals surface area contributed by atoms with E-state index in [2.05, 4.69) is 11.9 Å². The molecule has 1 unspecified atom stereocenters. The zero-order chi connectivity index (χ0) is 13.5. The lowest BCUT2D eigenvalue weighted by atomic mass is 10.0. The molecule has 1 N–H and O–H groups in total. The molecule has 20 heavy (non-hydrogen) atoms. The summed E-state index contributed by atoms with van der Waals surface area (Å²) in [5, 5.41) is 3.64. The maximum atomic E-state index is 6.16. The molecule has 0 amide bonds. The van der Waals surface area contributed by atoms with Crippen LogP contribution < -0.4 is 14.8 Å². The summed E-state index contributed by atoms with van der Waals surface area (Å²) in [4.78, 5) is 0. The Kier molecular flexibility index (Phi) is 2.81. The Balaban J connectivity index is 1.51. The van der Waals surface area contributed by atoms with Gasteiger partial charge in [0.25, 0.3) is 0 Å². The third kappa shape index (κ3) is 2.22. The highest BCUT2D eigenvalue weighted by atomic mass is 16.5. The molecule has 3 aliphatic heterocycles. The largest absolute Gasteiger partial charge is 0.490 e. The number of ether oxygens (including phenoxy) is 2. The van der Waals surface area contributed by atoms with Gasteiger partial charge in [-0.05, 0) is 50.0 Å². The van der Waals surface area contributed by atoms with Crippen molar-refractivity contribution in [3.05, 3.63) is 42.2 Å². The van der Waals surface area contributed by atoms with Crippen molar-refractivity contribution in [2.24, 2.45) is 0 Å². The van der Waals surface area contributed by atoms with Crippen LogP contribution in [0.15, 0.2) is 36.6 Å². The van der Waals surface area contributed by atoms with Crippen molar-refractivity contribution in [1.82, 2.24) is 5.32 Å². The molecule has 3 nitrogen and oxygen atoms in total. The summed E-state index contributed by atoms with van der Waals surface area (Å²) in [6.45, 7) is 3.83. The van der Waals surface area contributed by atoms with Gasteiger partial charge < -0.3 is 14.8 Å². The predicted octanol–water partition coefficient (Wildman–Crippen LogP) is 3.27. The summed E-state index contributed by atoms with van der Waals surface area (Å²) in [6, 6.07) is 7.35. The summed E-state index contributed by atoms with van der Waals surface area (Å²) in [5.74, 6) is 2.42. The highest BCUT2D eigenvalue weighted by Gasteiger charge is 2.34. The second-order valence-corrected chi connectivity index (χ2v) is 5.95. The average Bonchev–Trinajstić information content (AvgIpc) is 2.77. The van der Waals surface area contributed by atoms with Crippen LogP contribution in [0.3, 0.4) is 0 Å². The second kappa shape index (κ2) is 4.67. The Labute approximate surface area is 119 Å². The lowest BCUT2D eigenvalue weighted by Gasteiger charge is -2.29. The third-order valence-electron chi connectivity index (χ3n) is 4.41. The topological polar surface area (TPSA) is 30.5 Å². The van der Waals surface area contributed by atoms with Gasteiger partial charge in [-0.1, -0.05) is 6.58 Å². The van der Waals surface area contributed by atoms with E-state index in [0.717, 1.165) is 29.9 Å². The summed E-state index contributed by atoms with van der Waals surface area (Å²) in [5.41, 5.74) is 1.08. The van der Waals surface area contributed by atoms with Crippen LogP contribution in [-0.2, 0) is 0 Å². The Hall–Kier alpha value is -1.74. The number of piperidine rings is 1. The van der Waals surface area contributed by atoms with Crippen molar-refractivity contribution in [1.29, 1.82) is 0 Å². The van der Waals surface area contributed by atoms with E-state index >= 15 is 0 Å². The number of rotatable bonds is 2. The smallest absolute Gasteiger partial charge is 0.138 e. The summed E-state index contributed by atoms with van der Waals surface area (Å²) in [7, 11) is 0. The molecule has 3 aliphatic rings. The fraction of sp³-hybridized carbons (Fsp3) is 0.412. The van der Waals surface area contributed by atoms with Gasteiger partial charge in [-0.15, -0.1) is 0 Å². The van der Waals surface area contributed by atoms with Crippen LogP contribution in [0.4, 0.5) is 0 Å². The first-order chi connectivity index (χ1) is 9.76. The molecule has 0 saturated carbocycles. The fourth-order valence-corrected chi connectivity index (χ4v) is 3.47. The van der Waals surface area contributed by atoms with Gasteiger partial charge in [0.1, 0.15) is 23.4 Å². The number of benzene rings is 1. The molecule has 2 bridgehead atoms. The lowest BCUT2D eigenvalue weighted by Crippen LogP contribution is -2.42. The minimum Gasteiger partial charge on any atom is -0.490 e. The molecule has 4 rings (SSSR count). The van der Waals surface area contributed by atoms with Crippen LogP contribution in [0.1, 0.15) is 31.2 Å². The number of fused-ring (bicyclic) bond motifs is 3.